The minimum atomic E-state index is -0.278. The van der Waals surface area contributed by atoms with Crippen molar-refractivity contribution in [2.24, 2.45) is 0 Å². The summed E-state index contributed by atoms with van der Waals surface area (Å²) in [5, 5.41) is 2.64. The highest BCUT2D eigenvalue weighted by Crippen LogP contribution is 2.29. The largest absolute Gasteiger partial charge is 0.359 e. The third-order valence-corrected chi connectivity index (χ3v) is 3.20. The molecule has 1 unspecified atom stereocenters. The predicted molar refractivity (Wildman–Crippen MR) is 74.3 cm³/mol. The molecule has 2 aromatic carbocycles. The lowest BCUT2D eigenvalue weighted by molar-refractivity contribution is -0.121. The molecule has 1 N–H and O–H groups in total. The fraction of sp³-hybridized carbons (Fsp3) is 0.188. The van der Waals surface area contributed by atoms with Crippen molar-refractivity contribution in [3.05, 3.63) is 59.9 Å². The normalized spacial score (nSPS) is 11.9. The summed E-state index contributed by atoms with van der Waals surface area (Å²) < 4.78 is 13.3. The average molecular weight is 257 g/mol. The maximum atomic E-state index is 13.3. The number of rotatable bonds is 3. The van der Waals surface area contributed by atoms with Gasteiger partial charge in [-0.25, -0.2) is 4.39 Å². The molecule has 3 heteroatoms. The number of carbonyl (C=O) groups excluding carboxylic acids is 1. The minimum Gasteiger partial charge on any atom is -0.359 e. The van der Waals surface area contributed by atoms with Crippen molar-refractivity contribution in [3.8, 4) is 11.1 Å². The Kier molecular flexibility index (Phi) is 3.95. The summed E-state index contributed by atoms with van der Waals surface area (Å²) in [4.78, 5) is 11.8. The summed E-state index contributed by atoms with van der Waals surface area (Å²) in [5.41, 5.74) is 2.57. The second-order valence-corrected chi connectivity index (χ2v) is 4.43. The monoisotopic (exact) mass is 257 g/mol. The number of nitrogens with one attached hydrogen (secondary N) is 1. The maximum absolute atomic E-state index is 13.3. The van der Waals surface area contributed by atoms with E-state index < -0.39 is 0 Å². The summed E-state index contributed by atoms with van der Waals surface area (Å²) >= 11 is 0. The van der Waals surface area contributed by atoms with Crippen molar-refractivity contribution in [1.82, 2.24) is 5.32 Å². The lowest BCUT2D eigenvalue weighted by Gasteiger charge is -2.15. The van der Waals surface area contributed by atoms with E-state index in [9.17, 15) is 9.18 Å². The van der Waals surface area contributed by atoms with Crippen LogP contribution in [0.15, 0.2) is 48.5 Å². The fourth-order valence-corrected chi connectivity index (χ4v) is 2.15. The zero-order chi connectivity index (χ0) is 13.8. The first kappa shape index (κ1) is 13.3. The quantitative estimate of drug-likeness (QED) is 0.897. The molecule has 0 bridgehead atoms. The molecule has 19 heavy (non-hydrogen) atoms. The molecule has 0 spiro atoms. The topological polar surface area (TPSA) is 29.1 Å². The summed E-state index contributed by atoms with van der Waals surface area (Å²) in [6.07, 6.45) is 0. The zero-order valence-electron chi connectivity index (χ0n) is 11.0. The van der Waals surface area contributed by atoms with Crippen molar-refractivity contribution in [3.63, 3.8) is 0 Å². The van der Waals surface area contributed by atoms with E-state index in [1.54, 1.807) is 13.1 Å². The Morgan fingerprint density at radius 2 is 1.89 bits per heavy atom. The number of benzene rings is 2. The van der Waals surface area contributed by atoms with Crippen molar-refractivity contribution in [2.75, 3.05) is 7.05 Å². The van der Waals surface area contributed by atoms with E-state index >= 15 is 0 Å². The van der Waals surface area contributed by atoms with Gasteiger partial charge in [-0.1, -0.05) is 36.4 Å². The Hall–Kier alpha value is -2.16. The van der Waals surface area contributed by atoms with Crippen LogP contribution >= 0.6 is 0 Å². The molecule has 0 aromatic heterocycles. The molecule has 1 amide bonds. The molecule has 2 nitrogen and oxygen atoms in total. The van der Waals surface area contributed by atoms with E-state index in [-0.39, 0.29) is 17.6 Å². The van der Waals surface area contributed by atoms with Crippen LogP contribution in [0.3, 0.4) is 0 Å². The number of halogens is 1. The van der Waals surface area contributed by atoms with Gasteiger partial charge >= 0.3 is 0 Å². The second kappa shape index (κ2) is 5.65. The van der Waals surface area contributed by atoms with Crippen LogP contribution in [0.25, 0.3) is 11.1 Å². The average Bonchev–Trinajstić information content (AvgIpc) is 2.45. The molecule has 0 saturated heterocycles. The van der Waals surface area contributed by atoms with Gasteiger partial charge in [0.15, 0.2) is 0 Å². The van der Waals surface area contributed by atoms with Gasteiger partial charge in [-0.2, -0.15) is 0 Å². The first-order chi connectivity index (χ1) is 9.13. The highest BCUT2D eigenvalue weighted by molar-refractivity contribution is 5.86. The molecule has 0 saturated carbocycles. The van der Waals surface area contributed by atoms with Crippen molar-refractivity contribution in [2.45, 2.75) is 12.8 Å². The van der Waals surface area contributed by atoms with Gasteiger partial charge in [-0.3, -0.25) is 4.79 Å². The van der Waals surface area contributed by atoms with Gasteiger partial charge in [-0.15, -0.1) is 0 Å². The van der Waals surface area contributed by atoms with Crippen LogP contribution in [0.1, 0.15) is 18.4 Å². The number of amides is 1. The highest BCUT2D eigenvalue weighted by atomic mass is 19.1. The summed E-state index contributed by atoms with van der Waals surface area (Å²) in [6.45, 7) is 1.84. The summed E-state index contributed by atoms with van der Waals surface area (Å²) in [7, 11) is 1.61. The van der Waals surface area contributed by atoms with E-state index in [0.717, 1.165) is 16.7 Å². The van der Waals surface area contributed by atoms with Crippen LogP contribution in [-0.2, 0) is 4.79 Å². The van der Waals surface area contributed by atoms with Gasteiger partial charge in [0.1, 0.15) is 5.82 Å². The van der Waals surface area contributed by atoms with E-state index in [1.807, 2.05) is 37.3 Å². The number of hydrogen-bond acceptors (Lipinski definition) is 1. The molecule has 0 heterocycles. The summed E-state index contributed by atoms with van der Waals surface area (Å²) in [6, 6.07) is 14.0. The maximum Gasteiger partial charge on any atom is 0.227 e. The van der Waals surface area contributed by atoms with Gasteiger partial charge in [0.25, 0.3) is 0 Å². The molecule has 0 aliphatic rings. The molecule has 2 aromatic rings. The van der Waals surface area contributed by atoms with E-state index in [1.165, 1.54) is 12.1 Å². The van der Waals surface area contributed by atoms with E-state index in [4.69, 9.17) is 0 Å². The standard InChI is InChI=1S/C16H16FNO/c1-11(16(19)18-2)14-8-3-4-9-15(14)12-6-5-7-13(17)10-12/h3-11H,1-2H3,(H,18,19). The van der Waals surface area contributed by atoms with Gasteiger partial charge in [0.05, 0.1) is 5.92 Å². The molecular weight excluding hydrogens is 241 g/mol. The highest BCUT2D eigenvalue weighted by Gasteiger charge is 2.17. The zero-order valence-corrected chi connectivity index (χ0v) is 11.0. The van der Waals surface area contributed by atoms with Crippen molar-refractivity contribution < 1.29 is 9.18 Å². The van der Waals surface area contributed by atoms with Crippen LogP contribution in [0.4, 0.5) is 4.39 Å². The molecule has 0 fully saturated rings. The number of hydrogen-bond donors (Lipinski definition) is 1. The minimum absolute atomic E-state index is 0.0520. The Labute approximate surface area is 112 Å². The fourth-order valence-electron chi connectivity index (χ4n) is 2.15. The lowest BCUT2D eigenvalue weighted by atomic mass is 9.91. The Morgan fingerprint density at radius 1 is 1.16 bits per heavy atom. The van der Waals surface area contributed by atoms with Crippen molar-refractivity contribution in [1.29, 1.82) is 0 Å². The van der Waals surface area contributed by atoms with Crippen molar-refractivity contribution >= 4 is 5.91 Å². The van der Waals surface area contributed by atoms with Gasteiger partial charge in [0.2, 0.25) is 5.91 Å². The Morgan fingerprint density at radius 3 is 2.58 bits per heavy atom. The van der Waals surface area contributed by atoms with Gasteiger partial charge in [0, 0.05) is 7.05 Å². The summed E-state index contributed by atoms with van der Waals surface area (Å²) in [5.74, 6) is -0.604. The molecule has 0 radical (unpaired) electrons. The number of carbonyl (C=O) groups is 1. The van der Waals surface area contributed by atoms with Crippen LogP contribution in [-0.4, -0.2) is 13.0 Å². The third-order valence-electron chi connectivity index (χ3n) is 3.20. The van der Waals surface area contributed by atoms with E-state index in [0.29, 0.717) is 0 Å². The Balaban J connectivity index is 2.50. The molecule has 1 atom stereocenters. The molecular formula is C16H16FNO. The van der Waals surface area contributed by atoms with Gasteiger partial charge < -0.3 is 5.32 Å². The van der Waals surface area contributed by atoms with Crippen LogP contribution in [0, 0.1) is 5.82 Å². The lowest BCUT2D eigenvalue weighted by Crippen LogP contribution is -2.24. The first-order valence-corrected chi connectivity index (χ1v) is 6.20. The Bertz CT molecular complexity index is 595. The molecule has 2 rings (SSSR count). The number of likely N-dealkylation sites (N-methyl/N-ethyl adjacent to an activating group) is 1. The molecule has 0 aliphatic heterocycles. The smallest absolute Gasteiger partial charge is 0.227 e. The second-order valence-electron chi connectivity index (χ2n) is 4.43. The van der Waals surface area contributed by atoms with Gasteiger partial charge in [-0.05, 0) is 35.7 Å². The molecule has 0 aliphatic carbocycles. The van der Waals surface area contributed by atoms with Crippen LogP contribution < -0.4 is 5.32 Å². The van der Waals surface area contributed by atoms with Crippen LogP contribution in [0.5, 0.6) is 0 Å². The SMILES string of the molecule is CNC(=O)C(C)c1ccccc1-c1cccc(F)c1. The van der Waals surface area contributed by atoms with Crippen LogP contribution in [0.2, 0.25) is 0 Å². The molecule has 98 valence electrons. The predicted octanol–water partition coefficient (Wildman–Crippen LogP) is 3.34. The third kappa shape index (κ3) is 2.81. The first-order valence-electron chi connectivity index (χ1n) is 6.20. The van der Waals surface area contributed by atoms with E-state index in [2.05, 4.69) is 5.32 Å².